The van der Waals surface area contributed by atoms with Crippen LogP contribution in [0.3, 0.4) is 0 Å². The Labute approximate surface area is 85.4 Å². The number of pyridine rings is 1. The first-order chi connectivity index (χ1) is 6.72. The van der Waals surface area contributed by atoms with E-state index in [-0.39, 0.29) is 0 Å². The second kappa shape index (κ2) is 5.35. The topological polar surface area (TPSA) is 65.8 Å². The lowest BCUT2D eigenvalue weighted by Gasteiger charge is -2.03. The van der Waals surface area contributed by atoms with E-state index in [4.69, 9.17) is 5.26 Å². The van der Waals surface area contributed by atoms with Gasteiger partial charge >= 0.3 is 0 Å². The maximum absolute atomic E-state index is 10.7. The molecule has 1 unspecified atom stereocenters. The Balaban J connectivity index is 2.45. The fourth-order valence-electron chi connectivity index (χ4n) is 0.904. The summed E-state index contributed by atoms with van der Waals surface area (Å²) in [4.78, 5) is 3.90. The number of hydrogen-bond donors (Lipinski definition) is 1. The summed E-state index contributed by atoms with van der Waals surface area (Å²) in [5.74, 6) is 0.611. The van der Waals surface area contributed by atoms with Crippen LogP contribution in [0.5, 0.6) is 0 Å². The first-order valence-electron chi connectivity index (χ1n) is 4.12. The van der Waals surface area contributed by atoms with Gasteiger partial charge in [0.25, 0.3) is 0 Å². The van der Waals surface area contributed by atoms with Gasteiger partial charge in [0.1, 0.15) is 11.8 Å². The molecule has 0 bridgehead atoms. The molecule has 0 aliphatic heterocycles. The van der Waals surface area contributed by atoms with Crippen LogP contribution in [-0.2, 0) is 10.8 Å². The van der Waals surface area contributed by atoms with Crippen LogP contribution in [0, 0.1) is 11.3 Å². The van der Waals surface area contributed by atoms with Crippen molar-refractivity contribution in [3.8, 4) is 6.07 Å². The van der Waals surface area contributed by atoms with Gasteiger partial charge in [-0.15, -0.1) is 0 Å². The molecule has 0 amide bonds. The van der Waals surface area contributed by atoms with Crippen molar-refractivity contribution in [1.82, 2.24) is 4.98 Å². The van der Waals surface area contributed by atoms with Gasteiger partial charge in [-0.3, -0.25) is 4.21 Å². The minimum Gasteiger partial charge on any atom is -0.383 e. The highest BCUT2D eigenvalue weighted by Gasteiger charge is 1.94. The number of nitriles is 1. The highest BCUT2D eigenvalue weighted by Crippen LogP contribution is 2.04. The summed E-state index contributed by atoms with van der Waals surface area (Å²) in [7, 11) is -0.780. The molecule has 1 N–H and O–H groups in total. The standard InChI is InChI=1S/C9H11N3OS/c1-14(13)5-4-11-9-3-2-8(6-10)12-7-9/h2-3,7,11H,4-5H2,1H3. The van der Waals surface area contributed by atoms with Crippen LogP contribution in [0.15, 0.2) is 18.3 Å². The predicted octanol–water partition coefficient (Wildman–Crippen LogP) is 0.744. The predicted molar refractivity (Wildman–Crippen MR) is 56.4 cm³/mol. The molecule has 0 aliphatic rings. The first-order valence-corrected chi connectivity index (χ1v) is 5.85. The highest BCUT2D eigenvalue weighted by atomic mass is 32.2. The van der Waals surface area contributed by atoms with E-state index in [1.165, 1.54) is 0 Å². The zero-order valence-electron chi connectivity index (χ0n) is 7.86. The fourth-order valence-corrected chi connectivity index (χ4v) is 1.29. The third-order valence-corrected chi connectivity index (χ3v) is 2.38. The minimum atomic E-state index is -0.780. The molecule has 74 valence electrons. The molecule has 14 heavy (non-hydrogen) atoms. The summed E-state index contributed by atoms with van der Waals surface area (Å²) in [5.41, 5.74) is 1.24. The van der Waals surface area contributed by atoms with Crippen molar-refractivity contribution in [2.24, 2.45) is 0 Å². The SMILES string of the molecule is CS(=O)CCNc1ccc(C#N)nc1. The van der Waals surface area contributed by atoms with E-state index in [2.05, 4.69) is 10.3 Å². The Kier molecular flexibility index (Phi) is 4.08. The molecular weight excluding hydrogens is 198 g/mol. The molecule has 0 fully saturated rings. The molecular formula is C9H11N3OS. The Morgan fingerprint density at radius 3 is 2.93 bits per heavy atom. The zero-order chi connectivity index (χ0) is 10.4. The van der Waals surface area contributed by atoms with Crippen molar-refractivity contribution in [2.75, 3.05) is 23.9 Å². The van der Waals surface area contributed by atoms with Crippen LogP contribution >= 0.6 is 0 Å². The maximum atomic E-state index is 10.7. The van der Waals surface area contributed by atoms with Crippen molar-refractivity contribution in [3.05, 3.63) is 24.0 Å². The average molecular weight is 209 g/mol. The zero-order valence-corrected chi connectivity index (χ0v) is 8.67. The lowest BCUT2D eigenvalue weighted by Crippen LogP contribution is -2.09. The lowest BCUT2D eigenvalue weighted by molar-refractivity contribution is 0.687. The summed E-state index contributed by atoms with van der Waals surface area (Å²) in [5, 5.41) is 11.6. The van der Waals surface area contributed by atoms with E-state index < -0.39 is 10.8 Å². The molecule has 1 atom stereocenters. The second-order valence-electron chi connectivity index (χ2n) is 2.75. The second-order valence-corrected chi connectivity index (χ2v) is 4.30. The van der Waals surface area contributed by atoms with E-state index in [1.54, 1.807) is 24.6 Å². The van der Waals surface area contributed by atoms with E-state index in [1.807, 2.05) is 6.07 Å². The lowest BCUT2D eigenvalue weighted by atomic mass is 10.3. The number of aromatic nitrogens is 1. The Hall–Kier alpha value is -1.41. The molecule has 0 aromatic carbocycles. The molecule has 4 nitrogen and oxygen atoms in total. The van der Waals surface area contributed by atoms with Gasteiger partial charge in [-0.05, 0) is 12.1 Å². The van der Waals surface area contributed by atoms with Gasteiger partial charge in [0.2, 0.25) is 0 Å². The third kappa shape index (κ3) is 3.54. The molecule has 1 aromatic heterocycles. The molecule has 1 heterocycles. The smallest absolute Gasteiger partial charge is 0.140 e. The van der Waals surface area contributed by atoms with Crippen LogP contribution in [0.1, 0.15) is 5.69 Å². The van der Waals surface area contributed by atoms with Gasteiger partial charge in [0, 0.05) is 29.4 Å². The van der Waals surface area contributed by atoms with Gasteiger partial charge in [0.15, 0.2) is 0 Å². The van der Waals surface area contributed by atoms with Gasteiger partial charge in [-0.1, -0.05) is 0 Å². The summed E-state index contributed by atoms with van der Waals surface area (Å²) < 4.78 is 10.7. The van der Waals surface area contributed by atoms with E-state index in [0.717, 1.165) is 5.69 Å². The molecule has 0 radical (unpaired) electrons. The molecule has 0 saturated heterocycles. The fraction of sp³-hybridized carbons (Fsp3) is 0.333. The van der Waals surface area contributed by atoms with Crippen LogP contribution in [-0.4, -0.2) is 27.7 Å². The van der Waals surface area contributed by atoms with Crippen LogP contribution in [0.25, 0.3) is 0 Å². The van der Waals surface area contributed by atoms with Gasteiger partial charge in [-0.25, -0.2) is 4.98 Å². The van der Waals surface area contributed by atoms with Crippen molar-refractivity contribution >= 4 is 16.5 Å². The van der Waals surface area contributed by atoms with E-state index in [9.17, 15) is 4.21 Å². The average Bonchev–Trinajstić information content (AvgIpc) is 2.18. The highest BCUT2D eigenvalue weighted by molar-refractivity contribution is 7.84. The summed E-state index contributed by atoms with van der Waals surface area (Å²) in [6.07, 6.45) is 3.26. The third-order valence-electron chi connectivity index (χ3n) is 1.60. The quantitative estimate of drug-likeness (QED) is 0.794. The Morgan fingerprint density at radius 2 is 2.43 bits per heavy atom. The molecule has 1 aromatic rings. The normalized spacial score (nSPS) is 11.7. The van der Waals surface area contributed by atoms with Crippen molar-refractivity contribution in [2.45, 2.75) is 0 Å². The number of rotatable bonds is 4. The van der Waals surface area contributed by atoms with Crippen LogP contribution in [0.2, 0.25) is 0 Å². The molecule has 0 spiro atoms. The summed E-state index contributed by atoms with van der Waals surface area (Å²) in [6, 6.07) is 5.37. The molecule has 0 saturated carbocycles. The number of nitrogens with one attached hydrogen (secondary N) is 1. The van der Waals surface area contributed by atoms with Crippen molar-refractivity contribution < 1.29 is 4.21 Å². The van der Waals surface area contributed by atoms with E-state index in [0.29, 0.717) is 18.0 Å². The number of hydrogen-bond acceptors (Lipinski definition) is 4. The first kappa shape index (κ1) is 10.7. The monoisotopic (exact) mass is 209 g/mol. The molecule has 5 heteroatoms. The van der Waals surface area contributed by atoms with Gasteiger partial charge in [-0.2, -0.15) is 5.26 Å². The molecule has 0 aliphatic carbocycles. The largest absolute Gasteiger partial charge is 0.383 e. The number of anilines is 1. The number of nitrogens with zero attached hydrogens (tertiary/aromatic N) is 2. The summed E-state index contributed by atoms with van der Waals surface area (Å²) >= 11 is 0. The summed E-state index contributed by atoms with van der Waals surface area (Å²) in [6.45, 7) is 0.649. The van der Waals surface area contributed by atoms with Crippen molar-refractivity contribution in [1.29, 1.82) is 5.26 Å². The van der Waals surface area contributed by atoms with Crippen molar-refractivity contribution in [3.63, 3.8) is 0 Å². The Bertz CT molecular complexity index is 355. The van der Waals surface area contributed by atoms with Gasteiger partial charge < -0.3 is 5.32 Å². The maximum Gasteiger partial charge on any atom is 0.140 e. The Morgan fingerprint density at radius 1 is 1.64 bits per heavy atom. The van der Waals surface area contributed by atoms with Gasteiger partial charge in [0.05, 0.1) is 11.9 Å². The van der Waals surface area contributed by atoms with Crippen LogP contribution < -0.4 is 5.32 Å². The van der Waals surface area contributed by atoms with Crippen LogP contribution in [0.4, 0.5) is 5.69 Å². The minimum absolute atomic E-state index is 0.398. The van der Waals surface area contributed by atoms with E-state index >= 15 is 0 Å². The molecule has 1 rings (SSSR count).